The lowest BCUT2D eigenvalue weighted by molar-refractivity contribution is 0.0703. The number of amides is 1. The first-order valence-corrected chi connectivity index (χ1v) is 10.8. The molecule has 0 atom stereocenters. The van der Waals surface area contributed by atoms with Crippen molar-refractivity contribution < 1.29 is 13.2 Å². The van der Waals surface area contributed by atoms with Gasteiger partial charge in [0, 0.05) is 31.7 Å². The molecule has 0 N–H and O–H groups in total. The van der Waals surface area contributed by atoms with Crippen molar-refractivity contribution >= 4 is 27.3 Å². The first kappa shape index (κ1) is 18.1. The first-order valence-electron chi connectivity index (χ1n) is 8.34. The Morgan fingerprint density at radius 2 is 1.72 bits per heavy atom. The molecule has 1 amide bonds. The Labute approximate surface area is 152 Å². The summed E-state index contributed by atoms with van der Waals surface area (Å²) in [5.74, 6) is 0.0859. The Bertz CT molecular complexity index is 849. The molecule has 25 heavy (non-hydrogen) atoms. The first-order chi connectivity index (χ1) is 11.9. The second kappa shape index (κ2) is 7.27. The number of hydrogen-bond donors (Lipinski definition) is 0. The average Bonchev–Trinajstić information content (AvgIpc) is 3.11. The van der Waals surface area contributed by atoms with E-state index in [9.17, 15) is 13.2 Å². The van der Waals surface area contributed by atoms with Crippen LogP contribution in [0.25, 0.3) is 11.1 Å². The van der Waals surface area contributed by atoms with E-state index in [1.807, 2.05) is 42.6 Å². The Morgan fingerprint density at radius 3 is 2.32 bits per heavy atom. The van der Waals surface area contributed by atoms with Crippen LogP contribution in [0.15, 0.2) is 35.7 Å². The number of carbonyl (C=O) groups excluding carboxylic acids is 1. The van der Waals surface area contributed by atoms with Gasteiger partial charge in [-0.2, -0.15) is 4.31 Å². The fourth-order valence-corrected chi connectivity index (χ4v) is 4.90. The molecule has 2 aromatic rings. The zero-order valence-electron chi connectivity index (χ0n) is 14.4. The van der Waals surface area contributed by atoms with Gasteiger partial charge in [-0.25, -0.2) is 8.42 Å². The third kappa shape index (κ3) is 3.78. The molecule has 1 aromatic heterocycles. The molecule has 0 radical (unpaired) electrons. The molecule has 5 nitrogen and oxygen atoms in total. The summed E-state index contributed by atoms with van der Waals surface area (Å²) in [7, 11) is -3.18. The summed E-state index contributed by atoms with van der Waals surface area (Å²) in [4.78, 5) is 15.4. The van der Waals surface area contributed by atoms with E-state index < -0.39 is 10.0 Å². The maximum absolute atomic E-state index is 12.9. The third-order valence-corrected chi connectivity index (χ3v) is 7.29. The number of carbonyl (C=O) groups is 1. The minimum atomic E-state index is -3.18. The van der Waals surface area contributed by atoms with E-state index in [2.05, 4.69) is 0 Å². The summed E-state index contributed by atoms with van der Waals surface area (Å²) < 4.78 is 25.4. The van der Waals surface area contributed by atoms with Gasteiger partial charge >= 0.3 is 0 Å². The average molecular weight is 379 g/mol. The van der Waals surface area contributed by atoms with Gasteiger partial charge in [-0.05, 0) is 30.9 Å². The van der Waals surface area contributed by atoms with Gasteiger partial charge in [0.25, 0.3) is 5.91 Å². The van der Waals surface area contributed by atoms with Crippen molar-refractivity contribution in [2.45, 2.75) is 13.8 Å². The maximum Gasteiger partial charge on any atom is 0.264 e. The summed E-state index contributed by atoms with van der Waals surface area (Å²) >= 11 is 1.44. The number of benzene rings is 1. The normalized spacial score (nSPS) is 16.2. The SMILES string of the molecule is CCS(=O)(=O)N1CCN(C(=O)c2sccc2-c2ccc(C)cc2)CC1. The van der Waals surface area contributed by atoms with E-state index in [0.29, 0.717) is 26.2 Å². The molecule has 1 aliphatic heterocycles. The van der Waals surface area contributed by atoms with Crippen LogP contribution >= 0.6 is 11.3 Å². The van der Waals surface area contributed by atoms with E-state index in [1.54, 1.807) is 11.8 Å². The van der Waals surface area contributed by atoms with Gasteiger partial charge in [-0.1, -0.05) is 29.8 Å². The Morgan fingerprint density at radius 1 is 1.08 bits per heavy atom. The molecule has 0 saturated carbocycles. The van der Waals surface area contributed by atoms with Crippen LogP contribution in [0.5, 0.6) is 0 Å². The molecule has 7 heteroatoms. The third-order valence-electron chi connectivity index (χ3n) is 4.51. The number of piperazine rings is 1. The lowest BCUT2D eigenvalue weighted by atomic mass is 10.0. The zero-order valence-corrected chi connectivity index (χ0v) is 16.1. The number of rotatable bonds is 4. The molecule has 1 fully saturated rings. The minimum absolute atomic E-state index is 0.0147. The van der Waals surface area contributed by atoms with Crippen LogP contribution < -0.4 is 0 Å². The van der Waals surface area contributed by atoms with Crippen molar-refractivity contribution in [3.63, 3.8) is 0 Å². The van der Waals surface area contributed by atoms with E-state index in [1.165, 1.54) is 21.2 Å². The number of sulfonamides is 1. The maximum atomic E-state index is 12.9. The van der Waals surface area contributed by atoms with Crippen molar-refractivity contribution in [2.75, 3.05) is 31.9 Å². The number of aryl methyl sites for hydroxylation is 1. The predicted octanol–water partition coefficient (Wildman–Crippen LogP) is 2.83. The molecule has 1 aromatic carbocycles. The van der Waals surface area contributed by atoms with Crippen molar-refractivity contribution in [1.82, 2.24) is 9.21 Å². The van der Waals surface area contributed by atoms with Gasteiger partial charge in [-0.3, -0.25) is 4.79 Å². The topological polar surface area (TPSA) is 57.7 Å². The number of thiophene rings is 1. The highest BCUT2D eigenvalue weighted by Gasteiger charge is 2.29. The van der Waals surface area contributed by atoms with E-state index >= 15 is 0 Å². The smallest absolute Gasteiger partial charge is 0.264 e. The van der Waals surface area contributed by atoms with Crippen LogP contribution in [-0.2, 0) is 10.0 Å². The largest absolute Gasteiger partial charge is 0.335 e. The summed E-state index contributed by atoms with van der Waals surface area (Å²) in [6.07, 6.45) is 0. The highest BCUT2D eigenvalue weighted by Crippen LogP contribution is 2.30. The van der Waals surface area contributed by atoms with Crippen molar-refractivity contribution in [3.05, 3.63) is 46.2 Å². The molecule has 0 spiro atoms. The molecule has 134 valence electrons. The molecule has 0 aliphatic carbocycles. The summed E-state index contributed by atoms with van der Waals surface area (Å²) in [5, 5.41) is 1.93. The van der Waals surface area contributed by atoms with Crippen LogP contribution in [-0.4, -0.2) is 55.5 Å². The number of nitrogens with zero attached hydrogens (tertiary/aromatic N) is 2. The fraction of sp³-hybridized carbons (Fsp3) is 0.389. The van der Waals surface area contributed by atoms with Crippen molar-refractivity contribution in [3.8, 4) is 11.1 Å². The van der Waals surface area contributed by atoms with Gasteiger partial charge < -0.3 is 4.90 Å². The molecule has 1 aliphatic rings. The summed E-state index contributed by atoms with van der Waals surface area (Å²) in [5.41, 5.74) is 3.15. The fourth-order valence-electron chi connectivity index (χ4n) is 2.93. The standard InChI is InChI=1S/C18H22N2O3S2/c1-3-25(22,23)20-11-9-19(10-12-20)18(21)17-16(8-13-24-17)15-6-4-14(2)5-7-15/h4-8,13H,3,9-12H2,1-2H3. The van der Waals surface area contributed by atoms with Crippen LogP contribution in [0.3, 0.4) is 0 Å². The van der Waals surface area contributed by atoms with E-state index in [4.69, 9.17) is 0 Å². The second-order valence-corrected chi connectivity index (χ2v) is 9.29. The molecule has 2 heterocycles. The van der Waals surface area contributed by atoms with E-state index in [0.717, 1.165) is 16.0 Å². The summed E-state index contributed by atoms with van der Waals surface area (Å²) in [6.45, 7) is 5.28. The molecule has 0 bridgehead atoms. The Balaban J connectivity index is 1.75. The lowest BCUT2D eigenvalue weighted by Gasteiger charge is -2.33. The van der Waals surface area contributed by atoms with Crippen LogP contribution in [0, 0.1) is 6.92 Å². The highest BCUT2D eigenvalue weighted by atomic mass is 32.2. The highest BCUT2D eigenvalue weighted by molar-refractivity contribution is 7.89. The number of hydrogen-bond acceptors (Lipinski definition) is 4. The van der Waals surface area contributed by atoms with E-state index in [-0.39, 0.29) is 11.7 Å². The quantitative estimate of drug-likeness (QED) is 0.822. The van der Waals surface area contributed by atoms with Gasteiger partial charge in [0.2, 0.25) is 10.0 Å². The van der Waals surface area contributed by atoms with Gasteiger partial charge in [0.15, 0.2) is 0 Å². The van der Waals surface area contributed by atoms with Gasteiger partial charge in [0.1, 0.15) is 0 Å². The zero-order chi connectivity index (χ0) is 18.0. The molecule has 1 saturated heterocycles. The van der Waals surface area contributed by atoms with Gasteiger partial charge in [0.05, 0.1) is 10.6 Å². The molecule has 0 unspecified atom stereocenters. The van der Waals surface area contributed by atoms with Crippen molar-refractivity contribution in [1.29, 1.82) is 0 Å². The summed E-state index contributed by atoms with van der Waals surface area (Å²) in [6, 6.07) is 10.1. The van der Waals surface area contributed by atoms with Crippen molar-refractivity contribution in [2.24, 2.45) is 0 Å². The molecular formula is C18H22N2O3S2. The monoisotopic (exact) mass is 378 g/mol. The lowest BCUT2D eigenvalue weighted by Crippen LogP contribution is -2.50. The van der Waals surface area contributed by atoms with Crippen LogP contribution in [0.1, 0.15) is 22.2 Å². The predicted molar refractivity (Wildman–Crippen MR) is 101 cm³/mol. The second-order valence-electron chi connectivity index (χ2n) is 6.12. The Hall–Kier alpha value is -1.70. The van der Waals surface area contributed by atoms with Gasteiger partial charge in [-0.15, -0.1) is 11.3 Å². The van der Waals surface area contributed by atoms with Crippen LogP contribution in [0.2, 0.25) is 0 Å². The molecule has 3 rings (SSSR count). The molecular weight excluding hydrogens is 356 g/mol. The van der Waals surface area contributed by atoms with Crippen LogP contribution in [0.4, 0.5) is 0 Å². The Kier molecular flexibility index (Phi) is 5.27. The minimum Gasteiger partial charge on any atom is -0.335 e.